The number of ketones is 1. The van der Waals surface area contributed by atoms with Gasteiger partial charge in [-0.25, -0.2) is 19.2 Å². The summed E-state index contributed by atoms with van der Waals surface area (Å²) in [4.78, 5) is 61.5. The Labute approximate surface area is 297 Å². The highest BCUT2D eigenvalue weighted by Crippen LogP contribution is 2.30. The average Bonchev–Trinajstić information content (AvgIpc) is 3.01. The number of allylic oxidation sites excluding steroid dienone is 3. The van der Waals surface area contributed by atoms with Gasteiger partial charge in [-0.1, -0.05) is 24.3 Å². The quantitative estimate of drug-likeness (QED) is 0.0717. The maximum Gasteiger partial charge on any atom is 0.408 e. The van der Waals surface area contributed by atoms with Crippen LogP contribution in [-0.4, -0.2) is 72.5 Å². The molecule has 14 heteroatoms. The lowest BCUT2D eigenvalue weighted by atomic mass is 10.1. The number of nitrogens with one attached hydrogen (secondary N) is 2. The molecule has 2 amide bonds. The Morgan fingerprint density at radius 3 is 1.41 bits per heavy atom. The van der Waals surface area contributed by atoms with Gasteiger partial charge in [-0.2, -0.15) is 0 Å². The molecule has 0 spiro atoms. The van der Waals surface area contributed by atoms with Crippen LogP contribution in [0.15, 0.2) is 60.4 Å². The van der Waals surface area contributed by atoms with Crippen LogP contribution in [0.25, 0.3) is 12.2 Å². The van der Waals surface area contributed by atoms with Crippen LogP contribution in [0.1, 0.15) is 66.5 Å². The number of amides is 2. The van der Waals surface area contributed by atoms with E-state index in [1.807, 2.05) is 0 Å². The second-order valence-corrected chi connectivity index (χ2v) is 13.0. The largest absolute Gasteiger partial charge is 0.508 e. The third-order valence-corrected chi connectivity index (χ3v) is 6.15. The minimum absolute atomic E-state index is 0.0964. The Bertz CT molecular complexity index is 1680. The maximum atomic E-state index is 12.5. The standard InChI is InChI=1S/C37H46N2O12/c1-22(38-34(44)50-36(3,4)5)32(42)48-28-17-13-24(19-30(28)46-9)11-15-26(40)21-27(41)16-12-25-14-18-29(31(20-25)47-10)49-33(43)23(2)39-35(45)51-37(6,7)8/h11-23,40H,1-10H3,(H,38,44)(H,39,45)/b15-11+,16-12+,26-21-/t22-,23-/m1/s1. The summed E-state index contributed by atoms with van der Waals surface area (Å²) in [6.45, 7) is 13.1. The van der Waals surface area contributed by atoms with Crippen LogP contribution >= 0.6 is 0 Å². The van der Waals surface area contributed by atoms with Crippen LogP contribution in [-0.2, 0) is 23.9 Å². The highest BCUT2D eigenvalue weighted by molar-refractivity contribution is 6.02. The van der Waals surface area contributed by atoms with Gasteiger partial charge in [0, 0.05) is 6.08 Å². The first-order chi connectivity index (χ1) is 23.7. The molecule has 2 atom stereocenters. The van der Waals surface area contributed by atoms with E-state index in [1.165, 1.54) is 70.6 Å². The van der Waals surface area contributed by atoms with Gasteiger partial charge in [-0.05, 0) is 103 Å². The van der Waals surface area contributed by atoms with Gasteiger partial charge in [0.05, 0.1) is 14.2 Å². The Morgan fingerprint density at radius 1 is 0.647 bits per heavy atom. The van der Waals surface area contributed by atoms with Crippen LogP contribution in [0.2, 0.25) is 0 Å². The van der Waals surface area contributed by atoms with Crippen molar-refractivity contribution in [3.8, 4) is 23.0 Å². The maximum absolute atomic E-state index is 12.5. The molecule has 14 nitrogen and oxygen atoms in total. The Morgan fingerprint density at radius 2 is 1.04 bits per heavy atom. The molecule has 3 N–H and O–H groups in total. The number of ether oxygens (including phenoxy) is 6. The van der Waals surface area contributed by atoms with Gasteiger partial charge in [0.25, 0.3) is 0 Å². The summed E-state index contributed by atoms with van der Waals surface area (Å²) >= 11 is 0. The fraction of sp³-hybridized carbons (Fsp3) is 0.378. The molecular formula is C37H46N2O12. The fourth-order valence-corrected chi connectivity index (χ4v) is 3.83. The number of alkyl carbamates (subject to hydrolysis) is 2. The van der Waals surface area contributed by atoms with Gasteiger partial charge < -0.3 is 44.2 Å². The molecule has 0 aliphatic rings. The zero-order chi connectivity index (χ0) is 38.5. The monoisotopic (exact) mass is 710 g/mol. The van der Waals surface area contributed by atoms with Gasteiger partial charge in [0.15, 0.2) is 28.8 Å². The van der Waals surface area contributed by atoms with E-state index in [-0.39, 0.29) is 28.8 Å². The number of benzene rings is 2. The summed E-state index contributed by atoms with van der Waals surface area (Å²) in [7, 11) is 2.76. The number of esters is 2. The van der Waals surface area contributed by atoms with Gasteiger partial charge >= 0.3 is 24.1 Å². The third-order valence-electron chi connectivity index (χ3n) is 6.15. The molecule has 0 aliphatic carbocycles. The Balaban J connectivity index is 2.02. The van der Waals surface area contributed by atoms with Crippen LogP contribution < -0.4 is 29.6 Å². The van der Waals surface area contributed by atoms with Crippen LogP contribution in [0.3, 0.4) is 0 Å². The number of hydrogen-bond acceptors (Lipinski definition) is 12. The lowest BCUT2D eigenvalue weighted by Gasteiger charge is -2.21. The zero-order valence-electron chi connectivity index (χ0n) is 30.4. The van der Waals surface area contributed by atoms with Crippen molar-refractivity contribution in [3.63, 3.8) is 0 Å². The molecule has 0 aromatic heterocycles. The predicted molar refractivity (Wildman–Crippen MR) is 189 cm³/mol. The molecule has 0 saturated heterocycles. The number of methoxy groups -OCH3 is 2. The highest BCUT2D eigenvalue weighted by atomic mass is 16.6. The van der Waals surface area contributed by atoms with E-state index in [9.17, 15) is 29.1 Å². The molecule has 0 heterocycles. The van der Waals surface area contributed by atoms with Crippen molar-refractivity contribution in [2.24, 2.45) is 0 Å². The van der Waals surface area contributed by atoms with Gasteiger partial charge in [-0.15, -0.1) is 0 Å². The second-order valence-electron chi connectivity index (χ2n) is 13.0. The van der Waals surface area contributed by atoms with E-state index in [1.54, 1.807) is 59.7 Å². The van der Waals surface area contributed by atoms with Crippen molar-refractivity contribution in [1.29, 1.82) is 0 Å². The van der Waals surface area contributed by atoms with Crippen molar-refractivity contribution in [1.82, 2.24) is 10.6 Å². The molecule has 2 aromatic carbocycles. The lowest BCUT2D eigenvalue weighted by Crippen LogP contribution is -2.43. The number of aliphatic hydroxyl groups excluding tert-OH is 1. The van der Waals surface area contributed by atoms with Crippen molar-refractivity contribution in [3.05, 3.63) is 71.5 Å². The van der Waals surface area contributed by atoms with Gasteiger partial charge in [-0.3, -0.25) is 4.79 Å². The topological polar surface area (TPSA) is 185 Å². The molecule has 0 bridgehead atoms. The zero-order valence-corrected chi connectivity index (χ0v) is 30.4. The number of rotatable bonds is 13. The van der Waals surface area contributed by atoms with Crippen LogP contribution in [0.5, 0.6) is 23.0 Å². The first-order valence-electron chi connectivity index (χ1n) is 15.8. The highest BCUT2D eigenvalue weighted by Gasteiger charge is 2.24. The Kier molecular flexibility index (Phi) is 14.8. The summed E-state index contributed by atoms with van der Waals surface area (Å²) < 4.78 is 31.7. The Hall–Kier alpha value is -5.79. The number of hydrogen-bond donors (Lipinski definition) is 3. The predicted octanol–water partition coefficient (Wildman–Crippen LogP) is 6.08. The van der Waals surface area contributed by atoms with Crippen LogP contribution in [0, 0.1) is 0 Å². The van der Waals surface area contributed by atoms with Crippen molar-refractivity contribution >= 4 is 42.1 Å². The summed E-state index contributed by atoms with van der Waals surface area (Å²) in [5.41, 5.74) is -0.381. The smallest absolute Gasteiger partial charge is 0.408 e. The van der Waals surface area contributed by atoms with E-state index in [0.29, 0.717) is 11.1 Å². The van der Waals surface area contributed by atoms with E-state index in [4.69, 9.17) is 28.4 Å². The third kappa shape index (κ3) is 15.1. The van der Waals surface area contributed by atoms with Gasteiger partial charge in [0.1, 0.15) is 29.0 Å². The molecule has 51 heavy (non-hydrogen) atoms. The minimum Gasteiger partial charge on any atom is -0.508 e. The van der Waals surface area contributed by atoms with Gasteiger partial charge in [0.2, 0.25) is 0 Å². The first kappa shape index (κ1) is 41.4. The van der Waals surface area contributed by atoms with E-state index in [2.05, 4.69) is 10.6 Å². The molecular weight excluding hydrogens is 664 g/mol. The summed E-state index contributed by atoms with van der Waals surface area (Å²) in [5.74, 6) is -1.75. The van der Waals surface area contributed by atoms with Crippen molar-refractivity contribution in [2.75, 3.05) is 14.2 Å². The van der Waals surface area contributed by atoms with E-state index < -0.39 is 53.2 Å². The molecule has 2 aromatic rings. The van der Waals surface area contributed by atoms with E-state index in [0.717, 1.165) is 6.08 Å². The number of carbonyl (C=O) groups is 5. The summed E-state index contributed by atoms with van der Waals surface area (Å²) in [6, 6.07) is 7.19. The minimum atomic E-state index is -1.01. The normalized spacial score (nSPS) is 13.2. The molecule has 0 aliphatic heterocycles. The molecule has 2 rings (SSSR count). The molecule has 276 valence electrons. The lowest BCUT2D eigenvalue weighted by molar-refractivity contribution is -0.137. The van der Waals surface area contributed by atoms with Crippen molar-refractivity contribution in [2.45, 2.75) is 78.7 Å². The fourth-order valence-electron chi connectivity index (χ4n) is 3.83. The molecule has 0 unspecified atom stereocenters. The second kappa shape index (κ2) is 18.3. The molecule has 0 fully saturated rings. The summed E-state index contributed by atoms with van der Waals surface area (Å²) in [5, 5.41) is 15.1. The molecule has 0 saturated carbocycles. The molecule has 0 radical (unpaired) electrons. The first-order valence-corrected chi connectivity index (χ1v) is 15.8. The number of carbonyl (C=O) groups excluding carboxylic acids is 5. The van der Waals surface area contributed by atoms with Crippen LogP contribution in [0.4, 0.5) is 9.59 Å². The number of aliphatic hydroxyl groups is 1. The summed E-state index contributed by atoms with van der Waals surface area (Å²) in [6.07, 6.45) is 4.98. The van der Waals surface area contributed by atoms with E-state index >= 15 is 0 Å². The SMILES string of the molecule is COc1cc(/C=C/C(=O)/C=C(O)/C=C/c2ccc(OC(=O)[C@@H](C)NC(=O)OC(C)(C)C)c(OC)c2)ccc1OC(=O)[C@@H](C)NC(=O)OC(C)(C)C. The van der Waals surface area contributed by atoms with Crippen molar-refractivity contribution < 1.29 is 57.5 Å². The average molecular weight is 711 g/mol.